The lowest BCUT2D eigenvalue weighted by molar-refractivity contribution is 0.0591. The highest BCUT2D eigenvalue weighted by Gasteiger charge is 2.23. The number of hydrogen-bond acceptors (Lipinski definition) is 6. The first-order chi connectivity index (χ1) is 9.03. The van der Waals surface area contributed by atoms with Crippen molar-refractivity contribution in [3.05, 3.63) is 16.1 Å². The lowest BCUT2D eigenvalue weighted by Gasteiger charge is -2.22. The molecule has 0 saturated heterocycles. The molecule has 1 rings (SSSR count). The zero-order chi connectivity index (χ0) is 14.4. The van der Waals surface area contributed by atoms with Crippen LogP contribution in [0.5, 0.6) is 0 Å². The topological polar surface area (TPSA) is 60.5 Å². The summed E-state index contributed by atoms with van der Waals surface area (Å²) in [4.78, 5) is 18.4. The van der Waals surface area contributed by atoms with E-state index in [0.29, 0.717) is 18.0 Å². The van der Waals surface area contributed by atoms with Gasteiger partial charge in [-0.1, -0.05) is 13.8 Å². The second-order valence-corrected chi connectivity index (χ2v) is 5.59. The van der Waals surface area contributed by atoms with Crippen molar-refractivity contribution in [1.82, 2.24) is 9.82 Å². The van der Waals surface area contributed by atoms with Gasteiger partial charge in [-0.25, -0.2) is 14.6 Å². The monoisotopic (exact) mass is 306 g/mol. The van der Waals surface area contributed by atoms with Gasteiger partial charge in [0.1, 0.15) is 11.1 Å². The van der Waals surface area contributed by atoms with Gasteiger partial charge in [-0.2, -0.15) is 0 Å². The number of hydrogen-bond donors (Lipinski definition) is 1. The molecule has 0 aromatic carbocycles. The van der Waals surface area contributed by atoms with E-state index in [1.165, 1.54) is 18.4 Å². The maximum Gasteiger partial charge on any atom is 0.357 e. The lowest BCUT2D eigenvalue weighted by atomic mass is 9.99. The molecule has 7 heteroatoms. The molecule has 2 atom stereocenters. The SMILES string of the molecule is COC(=O)c1csc([C@@H](C[C@@H](NCl)C(C)C)OC)n1. The van der Waals surface area contributed by atoms with Gasteiger partial charge in [0.2, 0.25) is 0 Å². The Hall–Kier alpha value is -0.690. The van der Waals surface area contributed by atoms with Crippen LogP contribution in [0.1, 0.15) is 41.9 Å². The molecule has 108 valence electrons. The van der Waals surface area contributed by atoms with Crippen LogP contribution < -0.4 is 4.84 Å². The molecule has 0 saturated carbocycles. The van der Waals surface area contributed by atoms with Gasteiger partial charge in [0.05, 0.1) is 7.11 Å². The highest BCUT2D eigenvalue weighted by Crippen LogP contribution is 2.27. The van der Waals surface area contributed by atoms with Crippen molar-refractivity contribution in [2.45, 2.75) is 32.4 Å². The number of nitrogens with one attached hydrogen (secondary N) is 1. The minimum atomic E-state index is -0.437. The summed E-state index contributed by atoms with van der Waals surface area (Å²) < 4.78 is 10.1. The molecule has 0 amide bonds. The Balaban J connectivity index is 2.79. The van der Waals surface area contributed by atoms with Gasteiger partial charge in [-0.3, -0.25) is 0 Å². The van der Waals surface area contributed by atoms with Crippen LogP contribution in [0.4, 0.5) is 0 Å². The van der Waals surface area contributed by atoms with E-state index in [9.17, 15) is 4.79 Å². The molecule has 0 radical (unpaired) electrons. The maximum absolute atomic E-state index is 11.4. The number of carbonyl (C=O) groups is 1. The zero-order valence-electron chi connectivity index (χ0n) is 11.5. The van der Waals surface area contributed by atoms with Gasteiger partial charge in [-0.15, -0.1) is 11.3 Å². The van der Waals surface area contributed by atoms with Gasteiger partial charge < -0.3 is 9.47 Å². The average molecular weight is 307 g/mol. The van der Waals surface area contributed by atoms with E-state index < -0.39 is 5.97 Å². The summed E-state index contributed by atoms with van der Waals surface area (Å²) in [5, 5.41) is 2.42. The number of rotatable bonds is 7. The Morgan fingerprint density at radius 1 is 1.53 bits per heavy atom. The van der Waals surface area contributed by atoms with Crippen LogP contribution in [0, 0.1) is 5.92 Å². The Labute approximate surface area is 122 Å². The normalized spacial score (nSPS) is 14.4. The van der Waals surface area contributed by atoms with Gasteiger partial charge in [0.25, 0.3) is 0 Å². The van der Waals surface area contributed by atoms with Crippen molar-refractivity contribution in [3.63, 3.8) is 0 Å². The minimum absolute atomic E-state index is 0.108. The van der Waals surface area contributed by atoms with E-state index in [4.69, 9.17) is 16.5 Å². The number of thiazole rings is 1. The molecule has 0 bridgehead atoms. The van der Waals surface area contributed by atoms with Crippen molar-refractivity contribution in [2.24, 2.45) is 5.92 Å². The molecule has 1 N–H and O–H groups in total. The molecular weight excluding hydrogens is 288 g/mol. The van der Waals surface area contributed by atoms with Crippen LogP contribution in [-0.4, -0.2) is 31.2 Å². The summed E-state index contributed by atoms with van der Waals surface area (Å²) in [7, 11) is 2.96. The van der Waals surface area contributed by atoms with Crippen molar-refractivity contribution in [1.29, 1.82) is 0 Å². The van der Waals surface area contributed by atoms with E-state index in [1.54, 1.807) is 12.5 Å². The molecular formula is C12H19ClN2O3S. The summed E-state index contributed by atoms with van der Waals surface area (Å²) in [5.41, 5.74) is 0.310. The Morgan fingerprint density at radius 3 is 2.68 bits per heavy atom. The number of nitrogens with zero attached hydrogens (tertiary/aromatic N) is 1. The molecule has 0 unspecified atom stereocenters. The fourth-order valence-corrected chi connectivity index (χ4v) is 2.82. The molecule has 5 nitrogen and oxygen atoms in total. The van der Waals surface area contributed by atoms with Crippen molar-refractivity contribution in [2.75, 3.05) is 14.2 Å². The zero-order valence-corrected chi connectivity index (χ0v) is 13.0. The van der Waals surface area contributed by atoms with E-state index in [1.807, 2.05) is 0 Å². The van der Waals surface area contributed by atoms with Crippen LogP contribution in [-0.2, 0) is 9.47 Å². The Bertz CT molecular complexity index is 411. The molecule has 0 aliphatic heterocycles. The first-order valence-corrected chi connectivity index (χ1v) is 7.21. The van der Waals surface area contributed by atoms with Crippen LogP contribution in [0.2, 0.25) is 0 Å². The predicted octanol–water partition coefficient (Wildman–Crippen LogP) is 2.78. The molecule has 1 aromatic heterocycles. The maximum atomic E-state index is 11.4. The molecule has 0 aliphatic rings. The van der Waals surface area contributed by atoms with Gasteiger partial charge in [-0.05, 0) is 24.1 Å². The van der Waals surface area contributed by atoms with Gasteiger partial charge in [0, 0.05) is 18.5 Å². The van der Waals surface area contributed by atoms with E-state index in [0.717, 1.165) is 5.01 Å². The van der Waals surface area contributed by atoms with E-state index in [-0.39, 0.29) is 12.1 Å². The second kappa shape index (κ2) is 7.79. The number of ether oxygens (including phenoxy) is 2. The smallest absolute Gasteiger partial charge is 0.357 e. The third-order valence-electron chi connectivity index (χ3n) is 2.89. The summed E-state index contributed by atoms with van der Waals surface area (Å²) in [5.74, 6) is -0.0663. The quantitative estimate of drug-likeness (QED) is 0.620. The number of carbonyl (C=O) groups excluding carboxylic acids is 1. The number of methoxy groups -OCH3 is 2. The third-order valence-corrected chi connectivity index (χ3v) is 4.11. The summed E-state index contributed by atoms with van der Waals surface area (Å²) in [6, 6.07) is 0.108. The number of halogens is 1. The summed E-state index contributed by atoms with van der Waals surface area (Å²) in [6.07, 6.45) is 0.494. The van der Waals surface area contributed by atoms with Crippen molar-refractivity contribution < 1.29 is 14.3 Å². The molecule has 1 aromatic rings. The van der Waals surface area contributed by atoms with E-state index >= 15 is 0 Å². The predicted molar refractivity (Wildman–Crippen MR) is 75.4 cm³/mol. The summed E-state index contributed by atoms with van der Waals surface area (Å²) in [6.45, 7) is 4.16. The van der Waals surface area contributed by atoms with Gasteiger partial charge >= 0.3 is 5.97 Å². The fourth-order valence-electron chi connectivity index (χ4n) is 1.61. The number of aromatic nitrogens is 1. The molecule has 1 heterocycles. The molecule has 19 heavy (non-hydrogen) atoms. The van der Waals surface area contributed by atoms with Crippen LogP contribution >= 0.6 is 23.1 Å². The standard InChI is InChI=1S/C12H19ClN2O3S/c1-7(2)8(15-13)5-10(17-3)11-14-9(6-19-11)12(16)18-4/h6-8,10,15H,5H2,1-4H3/t8-,10-/m1/s1. The molecule has 0 fully saturated rings. The van der Waals surface area contributed by atoms with Crippen molar-refractivity contribution in [3.8, 4) is 0 Å². The summed E-state index contributed by atoms with van der Waals surface area (Å²) >= 11 is 7.11. The first kappa shape index (κ1) is 16.4. The van der Waals surface area contributed by atoms with Crippen LogP contribution in [0.25, 0.3) is 0 Å². The highest BCUT2D eigenvalue weighted by molar-refractivity contribution is 7.09. The van der Waals surface area contributed by atoms with Crippen molar-refractivity contribution >= 4 is 29.1 Å². The lowest BCUT2D eigenvalue weighted by Crippen LogP contribution is -2.29. The molecule has 0 aliphatic carbocycles. The highest BCUT2D eigenvalue weighted by atomic mass is 35.5. The first-order valence-electron chi connectivity index (χ1n) is 5.96. The van der Waals surface area contributed by atoms with E-state index in [2.05, 4.69) is 28.4 Å². The second-order valence-electron chi connectivity index (χ2n) is 4.48. The Morgan fingerprint density at radius 2 is 2.21 bits per heavy atom. The fraction of sp³-hybridized carbons (Fsp3) is 0.667. The third kappa shape index (κ3) is 4.42. The van der Waals surface area contributed by atoms with Crippen LogP contribution in [0.3, 0.4) is 0 Å². The van der Waals surface area contributed by atoms with Gasteiger partial charge in [0.15, 0.2) is 5.69 Å². The largest absolute Gasteiger partial charge is 0.464 e. The van der Waals surface area contributed by atoms with Crippen LogP contribution in [0.15, 0.2) is 5.38 Å². The average Bonchev–Trinajstić information content (AvgIpc) is 2.88. The Kier molecular flexibility index (Phi) is 6.71. The minimum Gasteiger partial charge on any atom is -0.464 e. The number of esters is 1. The molecule has 0 spiro atoms.